The average Bonchev–Trinajstić information content (AvgIpc) is 2.07. The third-order valence-electron chi connectivity index (χ3n) is 1.66. The highest BCUT2D eigenvalue weighted by Gasteiger charge is 2.16. The lowest BCUT2D eigenvalue weighted by molar-refractivity contribution is 0.102. The fourth-order valence-electron chi connectivity index (χ4n) is 1.09. The highest BCUT2D eigenvalue weighted by atomic mass is 35.5. The third-order valence-corrected chi connectivity index (χ3v) is 1.89. The van der Waals surface area contributed by atoms with Crippen LogP contribution in [0, 0.1) is 6.54 Å². The molecule has 1 heterocycles. The van der Waals surface area contributed by atoms with Crippen LogP contribution in [0.5, 0.6) is 0 Å². The van der Waals surface area contributed by atoms with Crippen LogP contribution in [0.25, 0.3) is 0 Å². The number of Topliss-reactive ketones (excluding diaryl/α,β-unsaturated/α-hetero) is 1. The Hall–Kier alpha value is -1.06. The minimum Gasteiger partial charge on any atom is -0.320 e. The number of halogens is 1. The quantitative estimate of drug-likeness (QED) is 0.639. The molecule has 1 aliphatic rings. The van der Waals surface area contributed by atoms with Gasteiger partial charge in [0.25, 0.3) is 0 Å². The molecule has 12 heavy (non-hydrogen) atoms. The fraction of sp³-hybridized carbons (Fsp3) is 0. The van der Waals surface area contributed by atoms with Gasteiger partial charge in [0.15, 0.2) is 5.78 Å². The SMILES string of the molecule is O=C1[CH]NNc2ccc(Cl)cc21. The first-order chi connectivity index (χ1) is 5.77. The summed E-state index contributed by atoms with van der Waals surface area (Å²) in [6, 6.07) is 5.13. The van der Waals surface area contributed by atoms with Crippen molar-refractivity contribution in [2.24, 2.45) is 0 Å². The van der Waals surface area contributed by atoms with Crippen molar-refractivity contribution >= 4 is 23.1 Å². The molecule has 4 heteroatoms. The summed E-state index contributed by atoms with van der Waals surface area (Å²) in [6.07, 6.45) is 0. The van der Waals surface area contributed by atoms with Crippen LogP contribution < -0.4 is 10.9 Å². The number of anilines is 1. The summed E-state index contributed by atoms with van der Waals surface area (Å²) in [4.78, 5) is 11.2. The Morgan fingerprint density at radius 1 is 1.33 bits per heavy atom. The summed E-state index contributed by atoms with van der Waals surface area (Å²) in [7, 11) is 0. The molecule has 0 bridgehead atoms. The maximum Gasteiger partial charge on any atom is 0.185 e. The van der Waals surface area contributed by atoms with Gasteiger partial charge < -0.3 is 5.43 Å². The first-order valence-corrected chi connectivity index (χ1v) is 3.84. The van der Waals surface area contributed by atoms with E-state index in [9.17, 15) is 4.79 Å². The zero-order valence-electron chi connectivity index (χ0n) is 6.10. The summed E-state index contributed by atoms with van der Waals surface area (Å²) in [6.45, 7) is 1.36. The van der Waals surface area contributed by atoms with Crippen LogP contribution >= 0.6 is 11.6 Å². The lowest BCUT2D eigenvalue weighted by Gasteiger charge is -2.16. The lowest BCUT2D eigenvalue weighted by atomic mass is 10.1. The van der Waals surface area contributed by atoms with E-state index in [-0.39, 0.29) is 5.78 Å². The van der Waals surface area contributed by atoms with Crippen molar-refractivity contribution in [3.05, 3.63) is 35.3 Å². The van der Waals surface area contributed by atoms with Gasteiger partial charge in [0.05, 0.1) is 5.69 Å². The third kappa shape index (κ3) is 1.17. The Morgan fingerprint density at radius 2 is 2.17 bits per heavy atom. The Balaban J connectivity index is 2.54. The molecular formula is C8H6ClN2O. The number of hydrogen-bond acceptors (Lipinski definition) is 3. The van der Waals surface area contributed by atoms with E-state index >= 15 is 0 Å². The Morgan fingerprint density at radius 3 is 3.00 bits per heavy atom. The summed E-state index contributed by atoms with van der Waals surface area (Å²) in [5.74, 6) is -0.0637. The monoisotopic (exact) mass is 181 g/mol. The number of benzene rings is 1. The maximum absolute atomic E-state index is 11.2. The van der Waals surface area contributed by atoms with Gasteiger partial charge in [0.1, 0.15) is 6.54 Å². The smallest absolute Gasteiger partial charge is 0.185 e. The van der Waals surface area contributed by atoms with Gasteiger partial charge in [-0.15, -0.1) is 0 Å². The predicted octanol–water partition coefficient (Wildman–Crippen LogP) is 1.61. The predicted molar refractivity (Wildman–Crippen MR) is 46.8 cm³/mol. The van der Waals surface area contributed by atoms with E-state index in [1.54, 1.807) is 18.2 Å². The minimum atomic E-state index is -0.0637. The highest BCUT2D eigenvalue weighted by molar-refractivity contribution is 6.31. The minimum absolute atomic E-state index is 0.0637. The normalized spacial score (nSPS) is 15.2. The summed E-state index contributed by atoms with van der Waals surface area (Å²) in [5, 5.41) is 0.569. The van der Waals surface area contributed by atoms with E-state index in [0.29, 0.717) is 10.6 Å². The second-order valence-electron chi connectivity index (χ2n) is 2.47. The first kappa shape index (κ1) is 7.58. The Bertz CT molecular complexity index is 338. The molecule has 0 aliphatic carbocycles. The molecule has 61 valence electrons. The summed E-state index contributed by atoms with van der Waals surface area (Å²) < 4.78 is 0. The number of carbonyl (C=O) groups excluding carboxylic acids is 1. The van der Waals surface area contributed by atoms with E-state index in [1.807, 2.05) is 0 Å². The first-order valence-electron chi connectivity index (χ1n) is 3.46. The molecule has 0 spiro atoms. The highest BCUT2D eigenvalue weighted by Crippen LogP contribution is 2.22. The zero-order chi connectivity index (χ0) is 8.55. The van der Waals surface area contributed by atoms with Crippen molar-refractivity contribution < 1.29 is 4.79 Å². The van der Waals surface area contributed by atoms with Crippen LogP contribution in [0.3, 0.4) is 0 Å². The number of nitrogens with one attached hydrogen (secondary N) is 2. The molecule has 0 aromatic heterocycles. The van der Waals surface area contributed by atoms with E-state index in [1.165, 1.54) is 6.54 Å². The van der Waals surface area contributed by atoms with Crippen LogP contribution in [0.15, 0.2) is 18.2 Å². The van der Waals surface area contributed by atoms with Crippen molar-refractivity contribution in [1.82, 2.24) is 5.43 Å². The molecule has 0 unspecified atom stereocenters. The van der Waals surface area contributed by atoms with Gasteiger partial charge >= 0.3 is 0 Å². The number of fused-ring (bicyclic) bond motifs is 1. The number of ketones is 1. The number of hydrogen-bond donors (Lipinski definition) is 2. The van der Waals surface area contributed by atoms with Gasteiger partial charge in [-0.25, -0.2) is 5.43 Å². The van der Waals surface area contributed by atoms with Gasteiger partial charge in [0, 0.05) is 10.6 Å². The fourth-order valence-corrected chi connectivity index (χ4v) is 1.26. The maximum atomic E-state index is 11.2. The molecule has 0 atom stereocenters. The van der Waals surface area contributed by atoms with Crippen molar-refractivity contribution in [2.45, 2.75) is 0 Å². The van der Waals surface area contributed by atoms with E-state index < -0.39 is 0 Å². The number of hydrazine groups is 1. The van der Waals surface area contributed by atoms with E-state index in [2.05, 4.69) is 10.9 Å². The number of carbonyl (C=O) groups is 1. The molecule has 0 saturated carbocycles. The molecule has 2 rings (SSSR count). The second-order valence-corrected chi connectivity index (χ2v) is 2.90. The molecule has 0 amide bonds. The van der Waals surface area contributed by atoms with E-state index in [4.69, 9.17) is 11.6 Å². The van der Waals surface area contributed by atoms with Crippen molar-refractivity contribution in [2.75, 3.05) is 5.43 Å². The van der Waals surface area contributed by atoms with E-state index in [0.717, 1.165) is 5.69 Å². The van der Waals surface area contributed by atoms with Crippen molar-refractivity contribution in [3.8, 4) is 0 Å². The van der Waals surface area contributed by atoms with Gasteiger partial charge in [-0.2, -0.15) is 0 Å². The molecule has 3 nitrogen and oxygen atoms in total. The molecule has 0 fully saturated rings. The molecule has 2 N–H and O–H groups in total. The average molecular weight is 182 g/mol. The topological polar surface area (TPSA) is 41.1 Å². The zero-order valence-corrected chi connectivity index (χ0v) is 6.85. The van der Waals surface area contributed by atoms with Crippen LogP contribution in [-0.4, -0.2) is 5.78 Å². The van der Waals surface area contributed by atoms with Crippen molar-refractivity contribution in [3.63, 3.8) is 0 Å². The van der Waals surface area contributed by atoms with Crippen LogP contribution in [0.4, 0.5) is 5.69 Å². The van der Waals surface area contributed by atoms with Crippen LogP contribution in [0.1, 0.15) is 10.4 Å². The largest absolute Gasteiger partial charge is 0.320 e. The molecule has 0 saturated heterocycles. The molecule has 1 aromatic carbocycles. The molecule has 1 aromatic rings. The molecule has 1 radical (unpaired) electrons. The van der Waals surface area contributed by atoms with Crippen LogP contribution in [0.2, 0.25) is 5.02 Å². The van der Waals surface area contributed by atoms with Crippen LogP contribution in [-0.2, 0) is 0 Å². The van der Waals surface area contributed by atoms with Gasteiger partial charge in [-0.05, 0) is 18.2 Å². The molecular weight excluding hydrogens is 176 g/mol. The second kappa shape index (κ2) is 2.77. The summed E-state index contributed by atoms with van der Waals surface area (Å²) >= 11 is 5.73. The lowest BCUT2D eigenvalue weighted by Crippen LogP contribution is -2.29. The Labute approximate surface area is 74.7 Å². The molecule has 1 aliphatic heterocycles. The van der Waals surface area contributed by atoms with Gasteiger partial charge in [-0.1, -0.05) is 11.6 Å². The van der Waals surface area contributed by atoms with Gasteiger partial charge in [0.2, 0.25) is 0 Å². The summed E-state index contributed by atoms with van der Waals surface area (Å²) in [5.41, 5.74) is 6.83. The number of rotatable bonds is 0. The van der Waals surface area contributed by atoms with Crippen molar-refractivity contribution in [1.29, 1.82) is 0 Å². The van der Waals surface area contributed by atoms with Gasteiger partial charge in [-0.3, -0.25) is 4.79 Å². The standard InChI is InChI=1S/C8H6ClN2O/c9-5-1-2-7-6(3-5)8(12)4-10-11-7/h1-4,10-11H. The Kier molecular flexibility index (Phi) is 1.75.